The van der Waals surface area contributed by atoms with Crippen molar-refractivity contribution in [2.45, 2.75) is 13.3 Å². The number of rotatable bonds is 6. The highest BCUT2D eigenvalue weighted by Crippen LogP contribution is 2.18. The maximum atomic E-state index is 11.7. The fourth-order valence-electron chi connectivity index (χ4n) is 1.32. The first kappa shape index (κ1) is 11.7. The lowest BCUT2D eigenvalue weighted by atomic mass is 10.1. The minimum atomic E-state index is 0.0564. The van der Waals surface area contributed by atoms with Crippen molar-refractivity contribution < 1.29 is 14.3 Å². The van der Waals surface area contributed by atoms with Crippen molar-refractivity contribution >= 4 is 5.78 Å². The van der Waals surface area contributed by atoms with Gasteiger partial charge in [-0.3, -0.25) is 4.79 Å². The lowest BCUT2D eigenvalue weighted by molar-refractivity contribution is 0.0893. The second-order valence-electron chi connectivity index (χ2n) is 3.07. The van der Waals surface area contributed by atoms with Crippen LogP contribution in [0.4, 0.5) is 0 Å². The number of hydrogen-bond donors (Lipinski definition) is 0. The lowest BCUT2D eigenvalue weighted by Gasteiger charge is -2.06. The monoisotopic (exact) mass is 208 g/mol. The Morgan fingerprint density at radius 2 is 2.07 bits per heavy atom. The number of carbonyl (C=O) groups excluding carboxylic acids is 1. The molecular formula is C12H16O3. The Morgan fingerprint density at radius 1 is 1.33 bits per heavy atom. The van der Waals surface area contributed by atoms with Crippen molar-refractivity contribution in [3.8, 4) is 5.75 Å². The average molecular weight is 208 g/mol. The third kappa shape index (κ3) is 3.36. The number of hydrogen-bond acceptors (Lipinski definition) is 3. The van der Waals surface area contributed by atoms with Gasteiger partial charge < -0.3 is 9.47 Å². The van der Waals surface area contributed by atoms with Gasteiger partial charge in [-0.1, -0.05) is 12.1 Å². The van der Waals surface area contributed by atoms with Crippen LogP contribution in [0.1, 0.15) is 23.7 Å². The van der Waals surface area contributed by atoms with Crippen LogP contribution >= 0.6 is 0 Å². The van der Waals surface area contributed by atoms with E-state index in [1.54, 1.807) is 19.2 Å². The zero-order chi connectivity index (χ0) is 11.1. The van der Waals surface area contributed by atoms with Gasteiger partial charge in [0.2, 0.25) is 0 Å². The molecule has 3 heteroatoms. The van der Waals surface area contributed by atoms with E-state index in [2.05, 4.69) is 0 Å². The van der Waals surface area contributed by atoms with Crippen LogP contribution in [0.15, 0.2) is 24.3 Å². The van der Waals surface area contributed by atoms with Crippen LogP contribution in [-0.2, 0) is 4.74 Å². The summed E-state index contributed by atoms with van der Waals surface area (Å²) < 4.78 is 10.2. The Morgan fingerprint density at radius 3 is 2.73 bits per heavy atom. The van der Waals surface area contributed by atoms with Crippen molar-refractivity contribution in [2.24, 2.45) is 0 Å². The number of para-hydroxylation sites is 1. The van der Waals surface area contributed by atoms with E-state index < -0.39 is 0 Å². The number of ketones is 1. The predicted octanol–water partition coefficient (Wildman–Crippen LogP) is 2.30. The van der Waals surface area contributed by atoms with Gasteiger partial charge in [-0.05, 0) is 19.1 Å². The molecule has 0 saturated heterocycles. The van der Waals surface area contributed by atoms with Gasteiger partial charge in [0.25, 0.3) is 0 Å². The van der Waals surface area contributed by atoms with Crippen LogP contribution in [0.3, 0.4) is 0 Å². The Labute approximate surface area is 90.0 Å². The molecule has 0 fully saturated rings. The molecule has 0 unspecified atom stereocenters. The van der Waals surface area contributed by atoms with Gasteiger partial charge in [0.15, 0.2) is 5.78 Å². The quantitative estimate of drug-likeness (QED) is 0.531. The summed E-state index contributed by atoms with van der Waals surface area (Å²) in [6, 6.07) is 7.23. The summed E-state index contributed by atoms with van der Waals surface area (Å²) in [5.74, 6) is 0.680. The zero-order valence-electron chi connectivity index (χ0n) is 9.16. The third-order valence-corrected chi connectivity index (χ3v) is 2.08. The molecule has 0 aliphatic rings. The Bertz CT molecular complexity index is 320. The molecule has 1 aromatic rings. The molecule has 0 spiro atoms. The zero-order valence-corrected chi connectivity index (χ0v) is 9.16. The standard InChI is InChI=1S/C12H16O3/c1-3-15-9-8-11(13)10-6-4-5-7-12(10)14-2/h4-7H,3,8-9H2,1-2H3. The number of Topliss-reactive ketones (excluding diaryl/α,β-unsaturated/α-hetero) is 1. The average Bonchev–Trinajstić information content (AvgIpc) is 2.29. The Kier molecular flexibility index (Phi) is 4.84. The van der Waals surface area contributed by atoms with Crippen molar-refractivity contribution in [3.63, 3.8) is 0 Å². The number of carbonyl (C=O) groups is 1. The summed E-state index contributed by atoms with van der Waals surface area (Å²) in [6.07, 6.45) is 0.397. The summed E-state index contributed by atoms with van der Waals surface area (Å²) in [5, 5.41) is 0. The summed E-state index contributed by atoms with van der Waals surface area (Å²) in [6.45, 7) is 3.01. The topological polar surface area (TPSA) is 35.5 Å². The summed E-state index contributed by atoms with van der Waals surface area (Å²) in [5.41, 5.74) is 0.625. The minimum absolute atomic E-state index is 0.0564. The Balaban J connectivity index is 2.64. The van der Waals surface area contributed by atoms with E-state index in [1.165, 1.54) is 0 Å². The van der Waals surface area contributed by atoms with E-state index in [1.807, 2.05) is 19.1 Å². The van der Waals surface area contributed by atoms with Crippen LogP contribution < -0.4 is 4.74 Å². The molecule has 82 valence electrons. The molecule has 0 aliphatic heterocycles. The molecule has 0 bridgehead atoms. The SMILES string of the molecule is CCOCCC(=O)c1ccccc1OC. The largest absolute Gasteiger partial charge is 0.496 e. The second-order valence-corrected chi connectivity index (χ2v) is 3.07. The fraction of sp³-hybridized carbons (Fsp3) is 0.417. The number of methoxy groups -OCH3 is 1. The molecule has 0 heterocycles. The van der Waals surface area contributed by atoms with Gasteiger partial charge in [-0.2, -0.15) is 0 Å². The summed E-state index contributed by atoms with van der Waals surface area (Å²) in [4.78, 5) is 11.7. The van der Waals surface area contributed by atoms with Crippen LogP contribution in [0, 0.1) is 0 Å². The van der Waals surface area contributed by atoms with E-state index in [4.69, 9.17) is 9.47 Å². The number of benzene rings is 1. The van der Waals surface area contributed by atoms with Gasteiger partial charge in [0.1, 0.15) is 5.75 Å². The van der Waals surface area contributed by atoms with Crippen molar-refractivity contribution in [1.29, 1.82) is 0 Å². The van der Waals surface area contributed by atoms with Crippen LogP contribution in [0.25, 0.3) is 0 Å². The highest BCUT2D eigenvalue weighted by Gasteiger charge is 2.10. The molecule has 1 rings (SSSR count). The van der Waals surface area contributed by atoms with Crippen molar-refractivity contribution in [3.05, 3.63) is 29.8 Å². The highest BCUT2D eigenvalue weighted by molar-refractivity contribution is 5.98. The van der Waals surface area contributed by atoms with E-state index >= 15 is 0 Å². The Hall–Kier alpha value is -1.35. The molecule has 15 heavy (non-hydrogen) atoms. The third-order valence-electron chi connectivity index (χ3n) is 2.08. The smallest absolute Gasteiger partial charge is 0.168 e. The number of ether oxygens (including phenoxy) is 2. The summed E-state index contributed by atoms with van der Waals surface area (Å²) in [7, 11) is 1.56. The molecular weight excluding hydrogens is 192 g/mol. The van der Waals surface area contributed by atoms with Gasteiger partial charge in [-0.25, -0.2) is 0 Å². The fourth-order valence-corrected chi connectivity index (χ4v) is 1.32. The highest BCUT2D eigenvalue weighted by atomic mass is 16.5. The molecule has 0 saturated carbocycles. The maximum absolute atomic E-state index is 11.7. The van der Waals surface area contributed by atoms with E-state index in [0.29, 0.717) is 30.9 Å². The van der Waals surface area contributed by atoms with Crippen LogP contribution in [-0.4, -0.2) is 26.1 Å². The first-order valence-corrected chi connectivity index (χ1v) is 5.03. The predicted molar refractivity (Wildman–Crippen MR) is 58.4 cm³/mol. The van der Waals surface area contributed by atoms with Crippen molar-refractivity contribution in [2.75, 3.05) is 20.3 Å². The maximum Gasteiger partial charge on any atom is 0.168 e. The van der Waals surface area contributed by atoms with Gasteiger partial charge in [-0.15, -0.1) is 0 Å². The van der Waals surface area contributed by atoms with Crippen molar-refractivity contribution in [1.82, 2.24) is 0 Å². The molecule has 1 aromatic carbocycles. The first-order valence-electron chi connectivity index (χ1n) is 5.03. The van der Waals surface area contributed by atoms with Gasteiger partial charge >= 0.3 is 0 Å². The van der Waals surface area contributed by atoms with Gasteiger partial charge in [0.05, 0.1) is 19.3 Å². The van der Waals surface area contributed by atoms with Crippen LogP contribution in [0.5, 0.6) is 5.75 Å². The molecule has 0 N–H and O–H groups in total. The molecule has 0 atom stereocenters. The van der Waals surface area contributed by atoms with E-state index in [0.717, 1.165) is 0 Å². The van der Waals surface area contributed by atoms with E-state index in [9.17, 15) is 4.79 Å². The normalized spacial score (nSPS) is 10.0. The lowest BCUT2D eigenvalue weighted by Crippen LogP contribution is -2.06. The molecule has 0 aliphatic carbocycles. The first-order chi connectivity index (χ1) is 7.29. The van der Waals surface area contributed by atoms with E-state index in [-0.39, 0.29) is 5.78 Å². The second kappa shape index (κ2) is 6.19. The van der Waals surface area contributed by atoms with Crippen LogP contribution in [0.2, 0.25) is 0 Å². The molecule has 0 radical (unpaired) electrons. The summed E-state index contributed by atoms with van der Waals surface area (Å²) >= 11 is 0. The molecule has 0 aromatic heterocycles. The molecule has 0 amide bonds. The van der Waals surface area contributed by atoms with Gasteiger partial charge in [0, 0.05) is 13.0 Å². The molecule has 3 nitrogen and oxygen atoms in total. The minimum Gasteiger partial charge on any atom is -0.496 e.